The molecule has 0 saturated heterocycles. The number of aryl methyl sites for hydroxylation is 1. The summed E-state index contributed by atoms with van der Waals surface area (Å²) in [5.41, 5.74) is 3.49. The summed E-state index contributed by atoms with van der Waals surface area (Å²) in [6.45, 7) is 2.74. The third-order valence-electron chi connectivity index (χ3n) is 5.29. The van der Waals surface area contributed by atoms with Gasteiger partial charge in [0, 0.05) is 43.2 Å². The number of aromatic nitrogens is 2. The van der Waals surface area contributed by atoms with Crippen LogP contribution in [0.3, 0.4) is 0 Å². The fourth-order valence-corrected chi connectivity index (χ4v) is 4.01. The molecule has 1 aromatic rings. The van der Waals surface area contributed by atoms with E-state index in [0.717, 1.165) is 37.2 Å². The first-order chi connectivity index (χ1) is 10.7. The van der Waals surface area contributed by atoms with E-state index in [1.165, 1.54) is 11.3 Å². The number of ketones is 1. The van der Waals surface area contributed by atoms with Gasteiger partial charge in [-0.25, -0.2) is 4.98 Å². The summed E-state index contributed by atoms with van der Waals surface area (Å²) in [4.78, 5) is 19.6. The van der Waals surface area contributed by atoms with Gasteiger partial charge in [-0.3, -0.25) is 4.79 Å². The maximum atomic E-state index is 13.1. The minimum absolute atomic E-state index is 0.0746. The number of fused-ring (bicyclic) bond motifs is 2. The van der Waals surface area contributed by atoms with Crippen LogP contribution in [0.4, 0.5) is 0 Å². The highest BCUT2D eigenvalue weighted by Gasteiger charge is 2.42. The normalized spacial score (nSPS) is 27.1. The quantitative estimate of drug-likeness (QED) is 0.842. The number of rotatable bonds is 2. The zero-order chi connectivity index (χ0) is 15.3. The Morgan fingerprint density at radius 2 is 2.27 bits per heavy atom. The van der Waals surface area contributed by atoms with E-state index >= 15 is 0 Å². The molecule has 114 valence electrons. The van der Waals surface area contributed by atoms with Crippen molar-refractivity contribution in [1.29, 1.82) is 0 Å². The van der Waals surface area contributed by atoms with Crippen molar-refractivity contribution in [1.82, 2.24) is 14.5 Å². The van der Waals surface area contributed by atoms with Crippen LogP contribution in [0.2, 0.25) is 0 Å². The molecule has 1 aliphatic heterocycles. The molecular weight excluding hydrogens is 274 g/mol. The van der Waals surface area contributed by atoms with Crippen molar-refractivity contribution < 1.29 is 4.79 Å². The average molecular weight is 295 g/mol. The monoisotopic (exact) mass is 295 g/mol. The second-order valence-corrected chi connectivity index (χ2v) is 6.46. The number of hydrogen-bond donors (Lipinski definition) is 0. The number of allylic oxidation sites excluding steroid dienone is 3. The molecular formula is C18H21N3O. The van der Waals surface area contributed by atoms with Crippen LogP contribution >= 0.6 is 0 Å². The molecule has 2 heterocycles. The Morgan fingerprint density at radius 1 is 1.41 bits per heavy atom. The summed E-state index contributed by atoms with van der Waals surface area (Å²) < 4.78 is 2.10. The summed E-state index contributed by atoms with van der Waals surface area (Å²) in [6.07, 6.45) is 13.1. The number of carbonyl (C=O) groups is 1. The molecule has 4 nitrogen and oxygen atoms in total. The molecule has 2 unspecified atom stereocenters. The summed E-state index contributed by atoms with van der Waals surface area (Å²) in [6, 6.07) is 0.368. The summed E-state index contributed by atoms with van der Waals surface area (Å²) >= 11 is 0. The molecule has 0 radical (unpaired) electrons. The maximum Gasteiger partial charge on any atom is 0.169 e. The summed E-state index contributed by atoms with van der Waals surface area (Å²) in [5, 5.41) is 0. The van der Waals surface area contributed by atoms with Crippen LogP contribution in [-0.4, -0.2) is 33.3 Å². The lowest BCUT2D eigenvalue weighted by Crippen LogP contribution is -2.28. The highest BCUT2D eigenvalue weighted by atomic mass is 16.1. The van der Waals surface area contributed by atoms with E-state index in [1.807, 2.05) is 13.1 Å². The van der Waals surface area contributed by atoms with Gasteiger partial charge in [0.15, 0.2) is 5.78 Å². The molecule has 22 heavy (non-hydrogen) atoms. The highest BCUT2D eigenvalue weighted by Crippen LogP contribution is 2.43. The van der Waals surface area contributed by atoms with Gasteiger partial charge in [0.1, 0.15) is 5.82 Å². The van der Waals surface area contributed by atoms with Crippen LogP contribution in [0, 0.1) is 12.8 Å². The van der Waals surface area contributed by atoms with Crippen molar-refractivity contribution in [2.45, 2.75) is 38.8 Å². The van der Waals surface area contributed by atoms with E-state index in [2.05, 4.69) is 39.7 Å². The van der Waals surface area contributed by atoms with Gasteiger partial charge in [-0.05, 0) is 31.8 Å². The molecule has 3 aliphatic rings. The third kappa shape index (κ3) is 1.90. The second kappa shape index (κ2) is 4.97. The van der Waals surface area contributed by atoms with E-state index in [9.17, 15) is 4.79 Å². The van der Waals surface area contributed by atoms with E-state index in [1.54, 1.807) is 6.20 Å². The Hall–Kier alpha value is -2.10. The van der Waals surface area contributed by atoms with Gasteiger partial charge < -0.3 is 9.47 Å². The van der Waals surface area contributed by atoms with Gasteiger partial charge >= 0.3 is 0 Å². The van der Waals surface area contributed by atoms with Gasteiger partial charge in [-0.1, -0.05) is 18.2 Å². The predicted molar refractivity (Wildman–Crippen MR) is 85.1 cm³/mol. The van der Waals surface area contributed by atoms with Crippen LogP contribution in [0.5, 0.6) is 0 Å². The molecule has 0 saturated carbocycles. The average Bonchev–Trinajstić information content (AvgIpc) is 3.05. The second-order valence-electron chi connectivity index (χ2n) is 6.46. The molecule has 4 rings (SSSR count). The Labute approximate surface area is 130 Å². The van der Waals surface area contributed by atoms with Gasteiger partial charge in [0.25, 0.3) is 0 Å². The Morgan fingerprint density at radius 3 is 3.05 bits per heavy atom. The molecule has 2 atom stereocenters. The van der Waals surface area contributed by atoms with Crippen LogP contribution in [0.15, 0.2) is 47.5 Å². The van der Waals surface area contributed by atoms with Crippen LogP contribution in [-0.2, 0) is 11.3 Å². The standard InChI is InChI=1S/C18H21N3O/c1-12-19-9-10-21(12)11-13-7-8-16-17(18(13)22)14-5-3-4-6-15(14)20(16)2/h3-5,9-10,13,15H,6-8,11H2,1-2H3. The Bertz CT molecular complexity index is 722. The molecule has 0 bridgehead atoms. The van der Waals surface area contributed by atoms with E-state index in [-0.39, 0.29) is 5.92 Å². The van der Waals surface area contributed by atoms with Crippen LogP contribution < -0.4 is 0 Å². The van der Waals surface area contributed by atoms with E-state index in [0.29, 0.717) is 11.8 Å². The van der Waals surface area contributed by atoms with Crippen LogP contribution in [0.25, 0.3) is 0 Å². The first-order valence-corrected chi connectivity index (χ1v) is 8.02. The minimum Gasteiger partial charge on any atom is -0.370 e. The SMILES string of the molecule is Cc1nccn1CC1CCC2=C(C1=O)C1=CC=CCC1N2C. The lowest BCUT2D eigenvalue weighted by Gasteiger charge is -2.27. The van der Waals surface area contributed by atoms with Crippen molar-refractivity contribution in [3.05, 3.63) is 53.3 Å². The minimum atomic E-state index is 0.0746. The van der Waals surface area contributed by atoms with Crippen molar-refractivity contribution in [3.63, 3.8) is 0 Å². The summed E-state index contributed by atoms with van der Waals surface area (Å²) in [7, 11) is 2.13. The number of carbonyl (C=O) groups excluding carboxylic acids is 1. The lowest BCUT2D eigenvalue weighted by atomic mass is 9.82. The molecule has 0 fully saturated rings. The van der Waals surface area contributed by atoms with Crippen molar-refractivity contribution in [3.8, 4) is 0 Å². The topological polar surface area (TPSA) is 38.1 Å². The van der Waals surface area contributed by atoms with E-state index < -0.39 is 0 Å². The fourth-order valence-electron chi connectivity index (χ4n) is 4.01. The molecule has 0 aromatic carbocycles. The zero-order valence-corrected chi connectivity index (χ0v) is 13.1. The number of likely N-dealkylation sites (N-methyl/N-ethyl adjacent to an activating group) is 1. The largest absolute Gasteiger partial charge is 0.370 e. The predicted octanol–water partition coefficient (Wildman–Crippen LogP) is 2.63. The van der Waals surface area contributed by atoms with Crippen LogP contribution in [0.1, 0.15) is 25.1 Å². The van der Waals surface area contributed by atoms with Gasteiger partial charge in [-0.2, -0.15) is 0 Å². The van der Waals surface area contributed by atoms with Gasteiger partial charge in [-0.15, -0.1) is 0 Å². The molecule has 0 N–H and O–H groups in total. The third-order valence-corrected chi connectivity index (χ3v) is 5.29. The summed E-state index contributed by atoms with van der Waals surface area (Å²) in [5.74, 6) is 1.38. The Balaban J connectivity index is 1.65. The number of Topliss-reactive ketones (excluding diaryl/α,β-unsaturated/α-hetero) is 1. The molecule has 1 aromatic heterocycles. The molecule has 2 aliphatic carbocycles. The Kier molecular flexibility index (Phi) is 3.06. The fraction of sp³-hybridized carbons (Fsp3) is 0.444. The zero-order valence-electron chi connectivity index (χ0n) is 13.1. The maximum absolute atomic E-state index is 13.1. The molecule has 0 spiro atoms. The number of imidazole rings is 1. The number of hydrogen-bond acceptors (Lipinski definition) is 3. The highest BCUT2D eigenvalue weighted by molar-refractivity contribution is 6.04. The van der Waals surface area contributed by atoms with E-state index in [4.69, 9.17) is 0 Å². The van der Waals surface area contributed by atoms with Gasteiger partial charge in [0.05, 0.1) is 6.04 Å². The number of nitrogens with zero attached hydrogens (tertiary/aromatic N) is 3. The van der Waals surface area contributed by atoms with Crippen molar-refractivity contribution in [2.24, 2.45) is 5.92 Å². The first kappa shape index (κ1) is 13.6. The van der Waals surface area contributed by atoms with Crippen molar-refractivity contribution >= 4 is 5.78 Å². The lowest BCUT2D eigenvalue weighted by molar-refractivity contribution is -0.120. The smallest absolute Gasteiger partial charge is 0.169 e. The van der Waals surface area contributed by atoms with Crippen molar-refractivity contribution in [2.75, 3.05) is 7.05 Å². The first-order valence-electron chi connectivity index (χ1n) is 8.02. The molecule has 0 amide bonds. The van der Waals surface area contributed by atoms with Gasteiger partial charge in [0.2, 0.25) is 0 Å². The molecule has 4 heteroatoms.